The SMILES string of the molecule is CCc1ccc(CN2CC3C(C2)C3CN(C(=O)Oc2[nH]c(C)cc2C)c2ccc(N3CCOCC3)c(F)c2)cc1. The van der Waals surface area contributed by atoms with Gasteiger partial charge in [0.15, 0.2) is 0 Å². The number of halogens is 1. The maximum Gasteiger partial charge on any atom is 0.421 e. The third-order valence-corrected chi connectivity index (χ3v) is 8.78. The molecule has 1 saturated carbocycles. The number of anilines is 2. The van der Waals surface area contributed by atoms with Crippen molar-refractivity contribution in [2.24, 2.45) is 17.8 Å². The van der Waals surface area contributed by atoms with Crippen LogP contribution in [0.25, 0.3) is 0 Å². The first-order chi connectivity index (χ1) is 19.4. The van der Waals surface area contributed by atoms with Crippen molar-refractivity contribution in [3.8, 4) is 5.88 Å². The number of carbonyl (C=O) groups is 1. The lowest BCUT2D eigenvalue weighted by Crippen LogP contribution is -2.38. The number of amides is 1. The first-order valence-electron chi connectivity index (χ1n) is 14.5. The molecule has 2 aliphatic heterocycles. The first-order valence-corrected chi connectivity index (χ1v) is 14.5. The van der Waals surface area contributed by atoms with E-state index < -0.39 is 6.09 Å². The topological polar surface area (TPSA) is 61.0 Å². The Bertz CT molecular complexity index is 1340. The zero-order valence-electron chi connectivity index (χ0n) is 23.7. The third kappa shape index (κ3) is 5.60. The van der Waals surface area contributed by atoms with Gasteiger partial charge < -0.3 is 19.4 Å². The van der Waals surface area contributed by atoms with Gasteiger partial charge in [-0.25, -0.2) is 9.18 Å². The van der Waals surface area contributed by atoms with Crippen LogP contribution in [0.2, 0.25) is 0 Å². The summed E-state index contributed by atoms with van der Waals surface area (Å²) in [6, 6.07) is 15.9. The van der Waals surface area contributed by atoms with Gasteiger partial charge in [-0.1, -0.05) is 31.2 Å². The lowest BCUT2D eigenvalue weighted by molar-refractivity contribution is 0.122. The van der Waals surface area contributed by atoms with Crippen LogP contribution >= 0.6 is 0 Å². The number of nitrogens with one attached hydrogen (secondary N) is 1. The van der Waals surface area contributed by atoms with Crippen LogP contribution in [0.1, 0.15) is 29.3 Å². The summed E-state index contributed by atoms with van der Waals surface area (Å²) in [5, 5.41) is 0. The van der Waals surface area contributed by atoms with Gasteiger partial charge in [0.25, 0.3) is 0 Å². The lowest BCUT2D eigenvalue weighted by atomic mass is 10.1. The number of fused-ring (bicyclic) bond motifs is 1. The van der Waals surface area contributed by atoms with Crippen LogP contribution in [0, 0.1) is 37.4 Å². The van der Waals surface area contributed by atoms with Gasteiger partial charge in [0.1, 0.15) is 5.82 Å². The predicted octanol–water partition coefficient (Wildman–Crippen LogP) is 5.55. The first kappa shape index (κ1) is 26.8. The maximum absolute atomic E-state index is 15.4. The maximum atomic E-state index is 15.4. The molecular weight excluding hydrogens is 507 g/mol. The van der Waals surface area contributed by atoms with E-state index >= 15 is 4.39 Å². The molecule has 2 aromatic carbocycles. The summed E-state index contributed by atoms with van der Waals surface area (Å²) in [5.74, 6) is 1.56. The molecule has 0 spiro atoms. The standard InChI is InChI=1S/C32H39FN4O3/c1-4-23-5-7-24(8-6-23)17-35-18-26-27(19-35)28(26)20-37(32(38)40-31-21(2)15-22(3)34-31)25-9-10-30(29(33)16-25)36-11-13-39-14-12-36/h5-10,15-16,26-28,34H,4,11-14,17-20H2,1-3H3. The molecule has 8 heteroatoms. The molecule has 1 aliphatic carbocycles. The Morgan fingerprint density at radius 1 is 1.05 bits per heavy atom. The fraction of sp³-hybridized carbons (Fsp3) is 0.469. The molecule has 3 aliphatic rings. The van der Waals surface area contributed by atoms with Crippen molar-refractivity contribution in [1.29, 1.82) is 0 Å². The Balaban J connectivity index is 1.15. The number of likely N-dealkylation sites (tertiary alicyclic amines) is 1. The number of benzene rings is 2. The molecule has 6 rings (SSSR count). The average Bonchev–Trinajstić information content (AvgIpc) is 3.22. The minimum atomic E-state index is -0.485. The molecule has 1 amide bonds. The number of piperidine rings is 1. The number of H-pyrrole nitrogens is 1. The molecule has 0 radical (unpaired) electrons. The van der Waals surface area contributed by atoms with Gasteiger partial charge in [0.2, 0.25) is 5.88 Å². The number of carbonyl (C=O) groups excluding carboxylic acids is 1. The van der Waals surface area contributed by atoms with Gasteiger partial charge in [0.05, 0.1) is 24.6 Å². The molecule has 212 valence electrons. The average molecular weight is 547 g/mol. The fourth-order valence-corrected chi connectivity index (χ4v) is 6.45. The monoisotopic (exact) mass is 546 g/mol. The van der Waals surface area contributed by atoms with Crippen LogP contribution in [0.15, 0.2) is 48.5 Å². The van der Waals surface area contributed by atoms with Crippen molar-refractivity contribution in [2.75, 3.05) is 55.7 Å². The van der Waals surface area contributed by atoms with Gasteiger partial charge in [0, 0.05) is 50.5 Å². The molecule has 1 aromatic heterocycles. The second-order valence-electron chi connectivity index (χ2n) is 11.5. The van der Waals surface area contributed by atoms with E-state index in [1.54, 1.807) is 11.0 Å². The highest BCUT2D eigenvalue weighted by Crippen LogP contribution is 2.52. The van der Waals surface area contributed by atoms with E-state index in [4.69, 9.17) is 9.47 Å². The van der Waals surface area contributed by atoms with Gasteiger partial charge >= 0.3 is 6.09 Å². The number of aromatic nitrogens is 1. The van der Waals surface area contributed by atoms with Crippen LogP contribution < -0.4 is 14.5 Å². The zero-order chi connectivity index (χ0) is 27.8. The van der Waals surface area contributed by atoms with Crippen molar-refractivity contribution < 1.29 is 18.7 Å². The third-order valence-electron chi connectivity index (χ3n) is 8.78. The largest absolute Gasteiger partial charge is 0.421 e. The molecular formula is C32H39FN4O3. The number of aromatic amines is 1. The highest BCUT2D eigenvalue weighted by atomic mass is 19.1. The van der Waals surface area contributed by atoms with Crippen LogP contribution in [-0.4, -0.2) is 61.9 Å². The van der Waals surface area contributed by atoms with Crippen LogP contribution in [-0.2, 0) is 17.7 Å². The minimum Gasteiger partial charge on any atom is -0.393 e. The summed E-state index contributed by atoms with van der Waals surface area (Å²) in [6.45, 7) is 12.0. The van der Waals surface area contributed by atoms with Gasteiger partial charge in [-0.05, 0) is 73.4 Å². The quantitative estimate of drug-likeness (QED) is 0.401. The summed E-state index contributed by atoms with van der Waals surface area (Å²) < 4.78 is 26.6. The number of aryl methyl sites for hydroxylation is 3. The van der Waals surface area contributed by atoms with E-state index in [1.807, 2.05) is 30.9 Å². The molecule has 2 unspecified atom stereocenters. The Morgan fingerprint density at radius 2 is 1.75 bits per heavy atom. The van der Waals surface area contributed by atoms with Crippen molar-refractivity contribution in [3.05, 3.63) is 76.7 Å². The summed E-state index contributed by atoms with van der Waals surface area (Å²) in [6.07, 6.45) is 0.568. The molecule has 3 fully saturated rings. The summed E-state index contributed by atoms with van der Waals surface area (Å²) in [5.41, 5.74) is 5.56. The van der Waals surface area contributed by atoms with Crippen LogP contribution in [0.5, 0.6) is 5.88 Å². The van der Waals surface area contributed by atoms with Crippen molar-refractivity contribution in [3.63, 3.8) is 0 Å². The van der Waals surface area contributed by atoms with Gasteiger partial charge in [-0.15, -0.1) is 0 Å². The van der Waals surface area contributed by atoms with Crippen LogP contribution in [0.4, 0.5) is 20.6 Å². The Hall–Kier alpha value is -3.36. The number of ether oxygens (including phenoxy) is 2. The molecule has 2 atom stereocenters. The Labute approximate surface area is 235 Å². The van der Waals surface area contributed by atoms with E-state index in [1.165, 1.54) is 17.2 Å². The summed E-state index contributed by atoms with van der Waals surface area (Å²) >= 11 is 0. The van der Waals surface area contributed by atoms with Gasteiger partial charge in [-0.3, -0.25) is 9.80 Å². The van der Waals surface area contributed by atoms with E-state index in [0.29, 0.717) is 67.9 Å². The fourth-order valence-electron chi connectivity index (χ4n) is 6.45. The molecule has 1 N–H and O–H groups in total. The number of rotatable bonds is 8. The molecule has 3 aromatic rings. The van der Waals surface area contributed by atoms with Crippen molar-refractivity contribution in [1.82, 2.24) is 9.88 Å². The summed E-state index contributed by atoms with van der Waals surface area (Å²) in [7, 11) is 0. The van der Waals surface area contributed by atoms with E-state index in [2.05, 4.69) is 41.1 Å². The molecule has 7 nitrogen and oxygen atoms in total. The normalized spacial score (nSPS) is 22.3. The highest BCUT2D eigenvalue weighted by Gasteiger charge is 2.56. The number of nitrogens with zero attached hydrogens (tertiary/aromatic N) is 3. The van der Waals surface area contributed by atoms with Gasteiger partial charge in [-0.2, -0.15) is 0 Å². The lowest BCUT2D eigenvalue weighted by Gasteiger charge is -2.30. The second kappa shape index (κ2) is 11.3. The zero-order valence-corrected chi connectivity index (χ0v) is 23.7. The summed E-state index contributed by atoms with van der Waals surface area (Å²) in [4.78, 5) is 22.8. The van der Waals surface area contributed by atoms with E-state index in [-0.39, 0.29) is 5.82 Å². The Kier molecular flexibility index (Phi) is 7.55. The van der Waals surface area contributed by atoms with E-state index in [9.17, 15) is 4.79 Å². The Morgan fingerprint density at radius 3 is 2.38 bits per heavy atom. The van der Waals surface area contributed by atoms with E-state index in [0.717, 1.165) is 37.3 Å². The highest BCUT2D eigenvalue weighted by molar-refractivity contribution is 5.89. The molecule has 40 heavy (non-hydrogen) atoms. The minimum absolute atomic E-state index is 0.333. The molecule has 2 saturated heterocycles. The van der Waals surface area contributed by atoms with Crippen molar-refractivity contribution >= 4 is 17.5 Å². The number of hydrogen-bond donors (Lipinski definition) is 1. The molecule has 3 heterocycles. The van der Waals surface area contributed by atoms with Crippen molar-refractivity contribution in [2.45, 2.75) is 33.7 Å². The molecule has 0 bridgehead atoms. The van der Waals surface area contributed by atoms with Crippen LogP contribution in [0.3, 0.4) is 0 Å². The number of morpholine rings is 1. The predicted molar refractivity (Wildman–Crippen MR) is 155 cm³/mol. The smallest absolute Gasteiger partial charge is 0.393 e. The second-order valence-corrected chi connectivity index (χ2v) is 11.5. The number of hydrogen-bond acceptors (Lipinski definition) is 5.